The molecule has 3 nitrogen and oxygen atoms in total. The molecule has 1 saturated carbocycles. The van der Waals surface area contributed by atoms with Gasteiger partial charge >= 0.3 is 0 Å². The van der Waals surface area contributed by atoms with Gasteiger partial charge in [-0.15, -0.1) is 0 Å². The van der Waals surface area contributed by atoms with Gasteiger partial charge in [-0.25, -0.2) is 0 Å². The number of nitrogens with zero attached hydrogens (tertiary/aromatic N) is 1. The Balaban J connectivity index is 1.32. The Labute approximate surface area is 128 Å². The quantitative estimate of drug-likeness (QED) is 0.795. The molecule has 0 spiro atoms. The van der Waals surface area contributed by atoms with Crippen molar-refractivity contribution in [2.24, 2.45) is 0 Å². The fraction of sp³-hybridized carbons (Fsp3) is 0.667. The summed E-state index contributed by atoms with van der Waals surface area (Å²) in [6, 6.07) is 11.5. The molecule has 1 aromatic rings. The third kappa shape index (κ3) is 5.10. The molecule has 0 bridgehead atoms. The third-order valence-electron chi connectivity index (χ3n) is 4.55. The highest BCUT2D eigenvalue weighted by Crippen LogP contribution is 2.23. The maximum Gasteiger partial charge on any atom is 0.0707 e. The molecule has 2 unspecified atom stereocenters. The first-order valence-electron chi connectivity index (χ1n) is 8.41. The third-order valence-corrected chi connectivity index (χ3v) is 4.55. The minimum atomic E-state index is 0.428. The van der Waals surface area contributed by atoms with Crippen LogP contribution in [-0.4, -0.2) is 49.8 Å². The lowest BCUT2D eigenvalue weighted by Gasteiger charge is -2.21. The van der Waals surface area contributed by atoms with Gasteiger partial charge in [-0.1, -0.05) is 30.3 Å². The molecule has 2 aliphatic rings. The molecule has 3 heteroatoms. The molecule has 116 valence electrons. The van der Waals surface area contributed by atoms with E-state index in [0.29, 0.717) is 12.2 Å². The predicted molar refractivity (Wildman–Crippen MR) is 86.6 cm³/mol. The number of benzene rings is 1. The molecule has 2 fully saturated rings. The number of ether oxygens (including phenoxy) is 1. The first kappa shape index (κ1) is 15.0. The van der Waals surface area contributed by atoms with Gasteiger partial charge in [-0.3, -0.25) is 0 Å². The van der Waals surface area contributed by atoms with Crippen LogP contribution in [0.4, 0.5) is 0 Å². The van der Waals surface area contributed by atoms with Crippen molar-refractivity contribution in [3.05, 3.63) is 35.9 Å². The van der Waals surface area contributed by atoms with E-state index in [1.165, 1.54) is 31.2 Å². The normalized spacial score (nSPS) is 25.6. The molecule has 1 aromatic carbocycles. The van der Waals surface area contributed by atoms with Gasteiger partial charge in [-0.05, 0) is 44.7 Å². The van der Waals surface area contributed by atoms with Crippen molar-refractivity contribution in [2.75, 3.05) is 26.7 Å². The van der Waals surface area contributed by atoms with Crippen LogP contribution in [0, 0.1) is 0 Å². The Bertz CT molecular complexity index is 418. The topological polar surface area (TPSA) is 24.5 Å². The van der Waals surface area contributed by atoms with Crippen molar-refractivity contribution >= 4 is 0 Å². The smallest absolute Gasteiger partial charge is 0.0707 e. The Morgan fingerprint density at radius 1 is 1.10 bits per heavy atom. The Morgan fingerprint density at radius 2 is 1.86 bits per heavy atom. The summed E-state index contributed by atoms with van der Waals surface area (Å²) in [6.45, 7) is 3.22. The lowest BCUT2D eigenvalue weighted by atomic mass is 10.1. The van der Waals surface area contributed by atoms with E-state index in [-0.39, 0.29) is 0 Å². The van der Waals surface area contributed by atoms with Gasteiger partial charge in [0, 0.05) is 25.7 Å². The lowest BCUT2D eigenvalue weighted by molar-refractivity contribution is 0.0279. The first-order chi connectivity index (χ1) is 10.3. The van der Waals surface area contributed by atoms with E-state index in [1.54, 1.807) is 0 Å². The van der Waals surface area contributed by atoms with Crippen LogP contribution in [0.25, 0.3) is 0 Å². The summed E-state index contributed by atoms with van der Waals surface area (Å²) < 4.78 is 6.16. The van der Waals surface area contributed by atoms with E-state index in [1.807, 2.05) is 0 Å². The molecule has 2 atom stereocenters. The molecule has 1 heterocycles. The van der Waals surface area contributed by atoms with Gasteiger partial charge in [0.25, 0.3) is 0 Å². The highest BCUT2D eigenvalue weighted by Gasteiger charge is 2.28. The number of rotatable bonds is 8. The van der Waals surface area contributed by atoms with Crippen LogP contribution in [0.15, 0.2) is 30.3 Å². The van der Waals surface area contributed by atoms with Crippen LogP contribution in [0.5, 0.6) is 0 Å². The van der Waals surface area contributed by atoms with Crippen molar-refractivity contribution < 1.29 is 4.74 Å². The van der Waals surface area contributed by atoms with E-state index >= 15 is 0 Å². The first-order valence-corrected chi connectivity index (χ1v) is 8.41. The molecule has 21 heavy (non-hydrogen) atoms. The summed E-state index contributed by atoms with van der Waals surface area (Å²) in [7, 11) is 2.21. The summed E-state index contributed by atoms with van der Waals surface area (Å²) in [5.74, 6) is 0. The zero-order valence-corrected chi connectivity index (χ0v) is 13.1. The van der Waals surface area contributed by atoms with Crippen molar-refractivity contribution in [3.63, 3.8) is 0 Å². The van der Waals surface area contributed by atoms with Crippen LogP contribution in [0.2, 0.25) is 0 Å². The molecule has 1 aliphatic heterocycles. The summed E-state index contributed by atoms with van der Waals surface area (Å²) >= 11 is 0. The fourth-order valence-corrected chi connectivity index (χ4v) is 3.05. The molecule has 1 saturated heterocycles. The second-order valence-corrected chi connectivity index (χ2v) is 6.64. The predicted octanol–water partition coefficient (Wildman–Crippen LogP) is 2.46. The zero-order valence-electron chi connectivity index (χ0n) is 13.1. The van der Waals surface area contributed by atoms with Gasteiger partial charge in [0.05, 0.1) is 12.2 Å². The monoisotopic (exact) mass is 288 g/mol. The zero-order chi connectivity index (χ0) is 14.5. The van der Waals surface area contributed by atoms with Crippen LogP contribution in [-0.2, 0) is 11.2 Å². The molecule has 0 amide bonds. The Morgan fingerprint density at radius 3 is 2.62 bits per heavy atom. The van der Waals surface area contributed by atoms with E-state index < -0.39 is 0 Å². The summed E-state index contributed by atoms with van der Waals surface area (Å²) in [4.78, 5) is 2.41. The van der Waals surface area contributed by atoms with Crippen LogP contribution < -0.4 is 5.32 Å². The van der Waals surface area contributed by atoms with Crippen molar-refractivity contribution in [1.82, 2.24) is 10.2 Å². The highest BCUT2D eigenvalue weighted by molar-refractivity contribution is 5.14. The molecule has 3 rings (SSSR count). The largest absolute Gasteiger partial charge is 0.372 e. The summed E-state index contributed by atoms with van der Waals surface area (Å²) in [5, 5.41) is 3.58. The van der Waals surface area contributed by atoms with Crippen LogP contribution in [0.1, 0.15) is 31.2 Å². The van der Waals surface area contributed by atoms with E-state index in [9.17, 15) is 0 Å². The minimum absolute atomic E-state index is 0.428. The summed E-state index contributed by atoms with van der Waals surface area (Å²) in [5.41, 5.74) is 1.42. The van der Waals surface area contributed by atoms with Gasteiger partial charge in [0.1, 0.15) is 0 Å². The highest BCUT2D eigenvalue weighted by atomic mass is 16.5. The van der Waals surface area contributed by atoms with Gasteiger partial charge in [-0.2, -0.15) is 0 Å². The average Bonchev–Trinajstić information content (AvgIpc) is 3.24. The second-order valence-electron chi connectivity index (χ2n) is 6.64. The summed E-state index contributed by atoms with van der Waals surface area (Å²) in [6.07, 6.45) is 7.15. The molecular weight excluding hydrogens is 260 g/mol. The fourth-order valence-electron chi connectivity index (χ4n) is 3.05. The lowest BCUT2D eigenvalue weighted by Crippen LogP contribution is -2.33. The standard InChI is InChI=1S/C18H28N2O/c1-20(12-11-15-5-3-2-4-6-15)14-18-10-9-17(21-18)13-19-16-7-8-16/h2-6,16-19H,7-14H2,1H3. The van der Waals surface area contributed by atoms with E-state index in [0.717, 1.165) is 32.1 Å². The Hall–Kier alpha value is -0.900. The van der Waals surface area contributed by atoms with Crippen LogP contribution >= 0.6 is 0 Å². The van der Waals surface area contributed by atoms with E-state index in [4.69, 9.17) is 4.74 Å². The number of likely N-dealkylation sites (N-methyl/N-ethyl adjacent to an activating group) is 1. The van der Waals surface area contributed by atoms with Crippen molar-refractivity contribution in [2.45, 2.75) is 50.4 Å². The number of hydrogen-bond acceptors (Lipinski definition) is 3. The number of hydrogen-bond donors (Lipinski definition) is 1. The van der Waals surface area contributed by atoms with Crippen LogP contribution in [0.3, 0.4) is 0 Å². The maximum absolute atomic E-state index is 6.16. The molecule has 0 radical (unpaired) electrons. The molecular formula is C18H28N2O. The van der Waals surface area contributed by atoms with Gasteiger partial charge in [0.2, 0.25) is 0 Å². The second kappa shape index (κ2) is 7.39. The Kier molecular flexibility index (Phi) is 5.28. The SMILES string of the molecule is CN(CCc1ccccc1)CC1CCC(CNC2CC2)O1. The molecule has 1 N–H and O–H groups in total. The number of nitrogens with one attached hydrogen (secondary N) is 1. The van der Waals surface area contributed by atoms with Gasteiger partial charge < -0.3 is 15.0 Å². The maximum atomic E-state index is 6.16. The molecule has 0 aromatic heterocycles. The van der Waals surface area contributed by atoms with Crippen molar-refractivity contribution in [3.8, 4) is 0 Å². The van der Waals surface area contributed by atoms with E-state index in [2.05, 4.69) is 47.6 Å². The van der Waals surface area contributed by atoms with Crippen molar-refractivity contribution in [1.29, 1.82) is 0 Å². The minimum Gasteiger partial charge on any atom is -0.372 e. The molecule has 1 aliphatic carbocycles. The average molecular weight is 288 g/mol. The van der Waals surface area contributed by atoms with Gasteiger partial charge in [0.15, 0.2) is 0 Å².